The Morgan fingerprint density at radius 2 is 1.81 bits per heavy atom. The maximum Gasteiger partial charge on any atom is 0.306 e. The van der Waals surface area contributed by atoms with Crippen LogP contribution in [-0.2, 0) is 9.59 Å². The average molecular weight is 293 g/mol. The number of nitrogens with one attached hydrogen (secondary N) is 1. The molecular weight excluding hydrogens is 270 g/mol. The van der Waals surface area contributed by atoms with Crippen LogP contribution in [0.5, 0.6) is 5.75 Å². The molecule has 0 aliphatic rings. The van der Waals surface area contributed by atoms with Crippen molar-refractivity contribution in [3.63, 3.8) is 0 Å². The number of carbonyl (C=O) groups is 2. The van der Waals surface area contributed by atoms with Crippen LogP contribution in [0.25, 0.3) is 0 Å². The molecule has 1 rings (SSSR count). The van der Waals surface area contributed by atoms with E-state index in [4.69, 9.17) is 9.84 Å². The van der Waals surface area contributed by atoms with Crippen molar-refractivity contribution in [2.24, 2.45) is 5.92 Å². The maximum atomic E-state index is 12.1. The molecule has 0 fully saturated rings. The highest BCUT2D eigenvalue weighted by Crippen LogP contribution is 2.17. The van der Waals surface area contributed by atoms with E-state index in [1.165, 1.54) is 0 Å². The van der Waals surface area contributed by atoms with Crippen LogP contribution in [0, 0.1) is 5.92 Å². The number of carboxylic acid groups (broad SMARTS) is 1. The third kappa shape index (κ3) is 5.85. The molecule has 0 spiro atoms. The van der Waals surface area contributed by atoms with Crippen LogP contribution in [-0.4, -0.2) is 28.6 Å². The number of ether oxygens (including phenoxy) is 1. The van der Waals surface area contributed by atoms with Gasteiger partial charge in [0.05, 0.1) is 5.92 Å². The second-order valence-corrected chi connectivity index (χ2v) is 5.89. The molecule has 2 unspecified atom stereocenters. The fraction of sp³-hybridized carbons (Fsp3) is 0.500. The Kier molecular flexibility index (Phi) is 5.76. The first kappa shape index (κ1) is 17.0. The third-order valence-electron chi connectivity index (χ3n) is 3.12. The molecule has 1 aromatic rings. The van der Waals surface area contributed by atoms with Gasteiger partial charge in [-0.05, 0) is 39.3 Å². The van der Waals surface area contributed by atoms with E-state index in [1.807, 2.05) is 18.2 Å². The van der Waals surface area contributed by atoms with E-state index in [9.17, 15) is 9.59 Å². The number of para-hydroxylation sites is 1. The summed E-state index contributed by atoms with van der Waals surface area (Å²) in [6, 6.07) is 9.09. The molecule has 5 nitrogen and oxygen atoms in total. The maximum absolute atomic E-state index is 12.1. The standard InChI is InChI=1S/C16H23NO4/c1-11(15(19)20)10-16(3,4)17-14(18)12(2)21-13-8-6-5-7-9-13/h5-9,11-12H,10H2,1-4H3,(H,17,18)(H,19,20). The van der Waals surface area contributed by atoms with Gasteiger partial charge in [0.25, 0.3) is 5.91 Å². The monoisotopic (exact) mass is 293 g/mol. The lowest BCUT2D eigenvalue weighted by molar-refractivity contribution is -0.142. The second kappa shape index (κ2) is 7.11. The van der Waals surface area contributed by atoms with Crippen molar-refractivity contribution in [1.82, 2.24) is 5.32 Å². The van der Waals surface area contributed by atoms with Crippen molar-refractivity contribution in [3.8, 4) is 5.75 Å². The van der Waals surface area contributed by atoms with Gasteiger partial charge in [-0.1, -0.05) is 25.1 Å². The largest absolute Gasteiger partial charge is 0.481 e. The molecule has 5 heteroatoms. The molecule has 1 amide bonds. The van der Waals surface area contributed by atoms with E-state index in [0.29, 0.717) is 12.2 Å². The van der Waals surface area contributed by atoms with Crippen molar-refractivity contribution in [1.29, 1.82) is 0 Å². The molecule has 0 aromatic heterocycles. The van der Waals surface area contributed by atoms with Gasteiger partial charge in [-0.2, -0.15) is 0 Å². The topological polar surface area (TPSA) is 75.6 Å². The molecule has 21 heavy (non-hydrogen) atoms. The van der Waals surface area contributed by atoms with Gasteiger partial charge in [-0.25, -0.2) is 0 Å². The Morgan fingerprint density at radius 3 is 2.33 bits per heavy atom. The van der Waals surface area contributed by atoms with Crippen LogP contribution in [0.1, 0.15) is 34.1 Å². The van der Waals surface area contributed by atoms with Gasteiger partial charge in [0.2, 0.25) is 0 Å². The molecule has 0 heterocycles. The summed E-state index contributed by atoms with van der Waals surface area (Å²) in [7, 11) is 0. The Hall–Kier alpha value is -2.04. The summed E-state index contributed by atoms with van der Waals surface area (Å²) in [4.78, 5) is 23.0. The molecule has 2 atom stereocenters. The predicted molar refractivity (Wildman–Crippen MR) is 80.2 cm³/mol. The summed E-state index contributed by atoms with van der Waals surface area (Å²) in [5.74, 6) is -1.03. The molecule has 0 aliphatic heterocycles. The van der Waals surface area contributed by atoms with Gasteiger partial charge in [0, 0.05) is 5.54 Å². The van der Waals surface area contributed by atoms with E-state index < -0.39 is 23.5 Å². The first-order chi connectivity index (χ1) is 9.71. The third-order valence-corrected chi connectivity index (χ3v) is 3.12. The van der Waals surface area contributed by atoms with Crippen LogP contribution >= 0.6 is 0 Å². The lowest BCUT2D eigenvalue weighted by Gasteiger charge is -2.29. The molecule has 0 bridgehead atoms. The van der Waals surface area contributed by atoms with Crippen molar-refractivity contribution < 1.29 is 19.4 Å². The first-order valence-corrected chi connectivity index (χ1v) is 6.98. The van der Waals surface area contributed by atoms with Crippen LogP contribution in [0.2, 0.25) is 0 Å². The number of hydrogen-bond donors (Lipinski definition) is 2. The van der Waals surface area contributed by atoms with Crippen LogP contribution < -0.4 is 10.1 Å². The van der Waals surface area contributed by atoms with Crippen LogP contribution in [0.4, 0.5) is 0 Å². The molecule has 1 aromatic carbocycles. The Morgan fingerprint density at radius 1 is 1.24 bits per heavy atom. The minimum absolute atomic E-state index is 0.263. The fourth-order valence-corrected chi connectivity index (χ4v) is 2.10. The van der Waals surface area contributed by atoms with Crippen molar-refractivity contribution in [2.75, 3.05) is 0 Å². The van der Waals surface area contributed by atoms with E-state index in [1.54, 1.807) is 39.8 Å². The molecule has 0 aliphatic carbocycles. The Labute approximate surface area is 125 Å². The molecule has 0 radical (unpaired) electrons. The van der Waals surface area contributed by atoms with Crippen LogP contribution in [0.3, 0.4) is 0 Å². The number of aliphatic carboxylic acids is 1. The predicted octanol–water partition coefficient (Wildman–Crippen LogP) is 2.46. The van der Waals surface area contributed by atoms with Gasteiger partial charge in [-0.15, -0.1) is 0 Å². The Balaban J connectivity index is 2.56. The minimum Gasteiger partial charge on any atom is -0.481 e. The summed E-state index contributed by atoms with van der Waals surface area (Å²) >= 11 is 0. The first-order valence-electron chi connectivity index (χ1n) is 6.98. The van der Waals surface area contributed by atoms with E-state index in [0.717, 1.165) is 0 Å². The quantitative estimate of drug-likeness (QED) is 0.809. The number of rotatable bonds is 7. The fourth-order valence-electron chi connectivity index (χ4n) is 2.10. The molecule has 116 valence electrons. The number of carboxylic acids is 1. The zero-order valence-electron chi connectivity index (χ0n) is 12.9. The number of benzene rings is 1. The zero-order chi connectivity index (χ0) is 16.0. The highest BCUT2D eigenvalue weighted by molar-refractivity contribution is 5.81. The molecular formula is C16H23NO4. The van der Waals surface area contributed by atoms with Gasteiger partial charge >= 0.3 is 5.97 Å². The van der Waals surface area contributed by atoms with E-state index in [2.05, 4.69) is 5.32 Å². The van der Waals surface area contributed by atoms with Gasteiger partial charge in [0.1, 0.15) is 5.75 Å². The smallest absolute Gasteiger partial charge is 0.306 e. The van der Waals surface area contributed by atoms with Crippen molar-refractivity contribution in [3.05, 3.63) is 30.3 Å². The lowest BCUT2D eigenvalue weighted by atomic mass is 9.91. The number of hydrogen-bond acceptors (Lipinski definition) is 3. The van der Waals surface area contributed by atoms with Gasteiger partial charge in [-0.3, -0.25) is 9.59 Å². The average Bonchev–Trinajstić information content (AvgIpc) is 2.38. The SMILES string of the molecule is CC(CC(C)(C)NC(=O)C(C)Oc1ccccc1)C(=O)O. The summed E-state index contributed by atoms with van der Waals surface area (Å²) in [6.07, 6.45) is -0.293. The van der Waals surface area contributed by atoms with Crippen molar-refractivity contribution >= 4 is 11.9 Å². The Bertz CT molecular complexity index is 484. The van der Waals surface area contributed by atoms with Gasteiger partial charge < -0.3 is 15.2 Å². The summed E-state index contributed by atoms with van der Waals surface area (Å²) in [5, 5.41) is 11.8. The lowest BCUT2D eigenvalue weighted by Crippen LogP contribution is -2.49. The summed E-state index contributed by atoms with van der Waals surface area (Å²) in [5.41, 5.74) is -0.608. The van der Waals surface area contributed by atoms with E-state index >= 15 is 0 Å². The zero-order valence-corrected chi connectivity index (χ0v) is 12.9. The number of amides is 1. The normalized spacial score (nSPS) is 14.1. The molecule has 0 saturated heterocycles. The highest BCUT2D eigenvalue weighted by Gasteiger charge is 2.28. The highest BCUT2D eigenvalue weighted by atomic mass is 16.5. The van der Waals surface area contributed by atoms with Crippen molar-refractivity contribution in [2.45, 2.75) is 45.8 Å². The van der Waals surface area contributed by atoms with Gasteiger partial charge in [0.15, 0.2) is 6.10 Å². The minimum atomic E-state index is -0.870. The second-order valence-electron chi connectivity index (χ2n) is 5.89. The van der Waals surface area contributed by atoms with E-state index in [-0.39, 0.29) is 5.91 Å². The molecule has 2 N–H and O–H groups in total. The van der Waals surface area contributed by atoms with Crippen LogP contribution in [0.15, 0.2) is 30.3 Å². The number of carbonyl (C=O) groups excluding carboxylic acids is 1. The molecule has 0 saturated carbocycles. The summed E-state index contributed by atoms with van der Waals surface area (Å²) < 4.78 is 5.55. The summed E-state index contributed by atoms with van der Waals surface area (Å²) in [6.45, 7) is 6.90.